The van der Waals surface area contributed by atoms with Crippen LogP contribution in [0.3, 0.4) is 0 Å². The van der Waals surface area contributed by atoms with Crippen molar-refractivity contribution in [2.24, 2.45) is 0 Å². The molecule has 3 aliphatic heterocycles. The summed E-state index contributed by atoms with van der Waals surface area (Å²) >= 11 is 0. The first-order chi connectivity index (χ1) is 8.27. The third kappa shape index (κ3) is 2.07. The maximum Gasteiger partial charge on any atom is 0.184 e. The maximum absolute atomic E-state index is 9.87. The van der Waals surface area contributed by atoms with Gasteiger partial charge in [-0.15, -0.1) is 0 Å². The van der Waals surface area contributed by atoms with Gasteiger partial charge in [0.15, 0.2) is 17.9 Å². The van der Waals surface area contributed by atoms with Crippen molar-refractivity contribution in [3.63, 3.8) is 0 Å². The topological polar surface area (TPSA) is 66.4 Å². The molecule has 3 saturated heterocycles. The Morgan fingerprint density at radius 3 is 2.17 bits per heavy atom. The summed E-state index contributed by atoms with van der Waals surface area (Å²) in [6.07, 6.45) is -2.38. The zero-order valence-electron chi connectivity index (χ0n) is 11.1. The second-order valence-electron chi connectivity index (χ2n) is 5.92. The maximum atomic E-state index is 9.87. The molecule has 3 unspecified atom stereocenters. The Hall–Kier alpha value is -0.240. The van der Waals surface area contributed by atoms with E-state index < -0.39 is 24.0 Å². The molecular weight excluding hydrogens is 240 g/mol. The monoisotopic (exact) mass is 260 g/mol. The lowest BCUT2D eigenvalue weighted by Crippen LogP contribution is -2.40. The van der Waals surface area contributed by atoms with E-state index in [0.29, 0.717) is 6.61 Å². The Bertz CT molecular complexity index is 341. The lowest BCUT2D eigenvalue weighted by atomic mass is 10.1. The van der Waals surface area contributed by atoms with Crippen molar-refractivity contribution < 1.29 is 28.8 Å². The Kier molecular flexibility index (Phi) is 2.75. The molecule has 0 aliphatic carbocycles. The summed E-state index contributed by atoms with van der Waals surface area (Å²) < 4.78 is 28.2. The minimum atomic E-state index is -0.978. The average molecular weight is 260 g/mol. The van der Waals surface area contributed by atoms with Gasteiger partial charge in [0.1, 0.15) is 24.4 Å². The highest BCUT2D eigenvalue weighted by molar-refractivity contribution is 4.99. The summed E-state index contributed by atoms with van der Waals surface area (Å²) in [5.41, 5.74) is 0. The highest BCUT2D eigenvalue weighted by Crippen LogP contribution is 2.41. The number of fused-ring (bicyclic) bond motifs is 1. The number of ether oxygens (including phenoxy) is 5. The Labute approximate surface area is 106 Å². The van der Waals surface area contributed by atoms with Crippen LogP contribution in [0, 0.1) is 0 Å². The summed E-state index contributed by atoms with van der Waals surface area (Å²) in [5, 5.41) is 9.87. The van der Waals surface area contributed by atoms with E-state index in [1.54, 1.807) is 0 Å². The first-order valence-electron chi connectivity index (χ1n) is 6.28. The molecule has 0 bridgehead atoms. The standard InChI is InChI=1S/C12H20O6/c1-11(2)14-5-6(16-11)7-8-9(10(13)15-7)18-12(3,4)17-8/h6-10,13H,5H2,1-4H3/t6?,7-,8+,9?,10?/m1/s1. The molecule has 0 aromatic heterocycles. The van der Waals surface area contributed by atoms with Gasteiger partial charge in [-0.05, 0) is 27.7 Å². The predicted octanol–water partition coefficient (Wildman–Crippen LogP) is 0.375. The molecule has 0 aromatic rings. The van der Waals surface area contributed by atoms with Gasteiger partial charge < -0.3 is 28.8 Å². The van der Waals surface area contributed by atoms with Gasteiger partial charge in [0, 0.05) is 0 Å². The molecule has 3 rings (SSSR count). The molecule has 18 heavy (non-hydrogen) atoms. The van der Waals surface area contributed by atoms with E-state index >= 15 is 0 Å². The number of hydrogen-bond acceptors (Lipinski definition) is 6. The molecule has 5 atom stereocenters. The van der Waals surface area contributed by atoms with Gasteiger partial charge in [0.05, 0.1) is 6.61 Å². The molecule has 6 nitrogen and oxygen atoms in total. The van der Waals surface area contributed by atoms with Crippen LogP contribution in [0.25, 0.3) is 0 Å². The van der Waals surface area contributed by atoms with Crippen LogP contribution in [-0.2, 0) is 23.7 Å². The van der Waals surface area contributed by atoms with Gasteiger partial charge in [-0.25, -0.2) is 0 Å². The number of hydrogen-bond donors (Lipinski definition) is 1. The fraction of sp³-hybridized carbons (Fsp3) is 1.00. The van der Waals surface area contributed by atoms with Crippen molar-refractivity contribution in [3.8, 4) is 0 Å². The van der Waals surface area contributed by atoms with Crippen molar-refractivity contribution in [3.05, 3.63) is 0 Å². The molecule has 0 spiro atoms. The molecule has 0 radical (unpaired) electrons. The van der Waals surface area contributed by atoms with Crippen LogP contribution in [0.2, 0.25) is 0 Å². The Morgan fingerprint density at radius 2 is 1.56 bits per heavy atom. The van der Waals surface area contributed by atoms with E-state index in [4.69, 9.17) is 23.7 Å². The van der Waals surface area contributed by atoms with Crippen molar-refractivity contribution in [1.29, 1.82) is 0 Å². The molecule has 0 aromatic carbocycles. The lowest BCUT2D eigenvalue weighted by Gasteiger charge is -2.26. The number of aliphatic hydroxyl groups excluding tert-OH is 1. The highest BCUT2D eigenvalue weighted by atomic mass is 16.8. The first-order valence-corrected chi connectivity index (χ1v) is 6.28. The minimum absolute atomic E-state index is 0.248. The number of rotatable bonds is 1. The van der Waals surface area contributed by atoms with E-state index in [1.165, 1.54) is 0 Å². The minimum Gasteiger partial charge on any atom is -0.366 e. The van der Waals surface area contributed by atoms with Gasteiger partial charge in [0.2, 0.25) is 0 Å². The molecule has 1 N–H and O–H groups in total. The SMILES string of the molecule is CC1(C)OCC([C@H]2OC(O)C3OC(C)(C)O[C@H]32)O1. The summed E-state index contributed by atoms with van der Waals surface area (Å²) in [4.78, 5) is 0. The second-order valence-corrected chi connectivity index (χ2v) is 5.92. The second kappa shape index (κ2) is 3.88. The lowest BCUT2D eigenvalue weighted by molar-refractivity contribution is -0.236. The normalized spacial score (nSPS) is 49.5. The molecule has 3 fully saturated rings. The fourth-order valence-electron chi connectivity index (χ4n) is 2.78. The third-order valence-electron chi connectivity index (χ3n) is 3.46. The number of aliphatic hydroxyl groups is 1. The van der Waals surface area contributed by atoms with Gasteiger partial charge in [0.25, 0.3) is 0 Å². The van der Waals surface area contributed by atoms with Crippen LogP contribution in [0.1, 0.15) is 27.7 Å². The van der Waals surface area contributed by atoms with Gasteiger partial charge >= 0.3 is 0 Å². The van der Waals surface area contributed by atoms with Crippen molar-refractivity contribution in [1.82, 2.24) is 0 Å². The van der Waals surface area contributed by atoms with Crippen LogP contribution in [0.5, 0.6) is 0 Å². The molecule has 0 amide bonds. The van der Waals surface area contributed by atoms with Gasteiger partial charge in [-0.2, -0.15) is 0 Å². The van der Waals surface area contributed by atoms with E-state index in [9.17, 15) is 5.11 Å². The quantitative estimate of drug-likeness (QED) is 0.735. The zero-order valence-corrected chi connectivity index (χ0v) is 11.1. The zero-order chi connectivity index (χ0) is 13.1. The van der Waals surface area contributed by atoms with E-state index in [2.05, 4.69) is 0 Å². The largest absolute Gasteiger partial charge is 0.366 e. The molecule has 6 heteroatoms. The van der Waals surface area contributed by atoms with E-state index in [-0.39, 0.29) is 18.3 Å². The third-order valence-corrected chi connectivity index (χ3v) is 3.46. The summed E-state index contributed by atoms with van der Waals surface area (Å²) in [6, 6.07) is 0. The van der Waals surface area contributed by atoms with Gasteiger partial charge in [-0.1, -0.05) is 0 Å². The molecular formula is C12H20O6. The molecule has 3 heterocycles. The van der Waals surface area contributed by atoms with Crippen LogP contribution in [0.15, 0.2) is 0 Å². The van der Waals surface area contributed by atoms with Crippen LogP contribution in [-0.4, -0.2) is 54.0 Å². The van der Waals surface area contributed by atoms with Crippen LogP contribution >= 0.6 is 0 Å². The Morgan fingerprint density at radius 1 is 0.889 bits per heavy atom. The first kappa shape index (κ1) is 12.8. The highest BCUT2D eigenvalue weighted by Gasteiger charge is 2.58. The van der Waals surface area contributed by atoms with E-state index in [1.807, 2.05) is 27.7 Å². The Balaban J connectivity index is 1.75. The predicted molar refractivity (Wildman–Crippen MR) is 59.6 cm³/mol. The fourth-order valence-corrected chi connectivity index (χ4v) is 2.78. The van der Waals surface area contributed by atoms with Crippen LogP contribution in [0.4, 0.5) is 0 Å². The average Bonchev–Trinajstić information content (AvgIpc) is 2.81. The molecule has 0 saturated carbocycles. The molecule has 104 valence electrons. The van der Waals surface area contributed by atoms with Crippen molar-refractivity contribution in [2.75, 3.05) is 6.61 Å². The van der Waals surface area contributed by atoms with E-state index in [0.717, 1.165) is 0 Å². The van der Waals surface area contributed by atoms with Gasteiger partial charge in [-0.3, -0.25) is 0 Å². The van der Waals surface area contributed by atoms with Crippen LogP contribution < -0.4 is 0 Å². The summed E-state index contributed by atoms with van der Waals surface area (Å²) in [7, 11) is 0. The summed E-state index contributed by atoms with van der Waals surface area (Å²) in [6.45, 7) is 7.78. The van der Waals surface area contributed by atoms with Crippen molar-refractivity contribution >= 4 is 0 Å². The molecule has 3 aliphatic rings. The smallest absolute Gasteiger partial charge is 0.184 e. The summed E-state index contributed by atoms with van der Waals surface area (Å²) in [5.74, 6) is -1.32. The van der Waals surface area contributed by atoms with Crippen molar-refractivity contribution in [2.45, 2.75) is 70.0 Å².